The Labute approximate surface area is 178 Å². The number of hydrogen-bond acceptors (Lipinski definition) is 2. The molecular weight excluding hydrogens is 372 g/mol. The Morgan fingerprint density at radius 3 is 1.43 bits per heavy atom. The highest BCUT2D eigenvalue weighted by molar-refractivity contribution is 6.00. The Hall–Kier alpha value is -3.40. The highest BCUT2D eigenvalue weighted by atomic mass is 16.2. The summed E-state index contributed by atoms with van der Waals surface area (Å²) in [5, 5.41) is 0. The van der Waals surface area contributed by atoms with Crippen molar-refractivity contribution >= 4 is 28.9 Å². The second kappa shape index (κ2) is 11.0. The number of nitrogens with zero attached hydrogens (tertiary/aromatic N) is 2. The minimum atomic E-state index is 0.0696. The Morgan fingerprint density at radius 1 is 0.567 bits per heavy atom. The van der Waals surface area contributed by atoms with Crippen LogP contribution in [0.2, 0.25) is 0 Å². The van der Waals surface area contributed by atoms with Crippen molar-refractivity contribution in [2.45, 2.75) is 32.1 Å². The van der Waals surface area contributed by atoms with Gasteiger partial charge in [-0.3, -0.25) is 14.5 Å². The largest absolute Gasteiger partial charge is 0.316 e. The van der Waals surface area contributed by atoms with Gasteiger partial charge in [-0.05, 0) is 49.2 Å². The van der Waals surface area contributed by atoms with Gasteiger partial charge in [-0.15, -0.1) is 0 Å². The Kier molecular flexibility index (Phi) is 7.78. The van der Waals surface area contributed by atoms with Crippen LogP contribution in [0.15, 0.2) is 91.0 Å². The molecule has 0 saturated heterocycles. The summed E-state index contributed by atoms with van der Waals surface area (Å²) in [6.07, 6.45) is 3.32. The fraction of sp³-hybridized carbons (Fsp3) is 0.231. The van der Waals surface area contributed by atoms with E-state index in [1.807, 2.05) is 91.0 Å². The maximum Gasteiger partial charge on any atom is 0.231 e. The van der Waals surface area contributed by atoms with E-state index in [1.165, 1.54) is 0 Å². The summed E-state index contributed by atoms with van der Waals surface area (Å²) < 4.78 is 0. The minimum Gasteiger partial charge on any atom is -0.316 e. The van der Waals surface area contributed by atoms with Crippen molar-refractivity contribution in [1.82, 2.24) is 0 Å². The van der Waals surface area contributed by atoms with Gasteiger partial charge >= 0.3 is 0 Å². The van der Waals surface area contributed by atoms with E-state index in [0.29, 0.717) is 12.8 Å². The van der Waals surface area contributed by atoms with Crippen molar-refractivity contribution in [2.24, 2.45) is 0 Å². The van der Waals surface area contributed by atoms with Gasteiger partial charge < -0.3 is 4.90 Å². The fourth-order valence-electron chi connectivity index (χ4n) is 3.40. The van der Waals surface area contributed by atoms with Gasteiger partial charge in [0.05, 0.1) is 0 Å². The number of carbonyl (C=O) groups excluding carboxylic acids is 2. The molecule has 0 spiro atoms. The molecule has 0 atom stereocenters. The standard InChI is InChI=1S/C26H28N2O2/c1-27(22-14-6-2-7-15-22)25(29)20-12-5-13-21-26(30)28(23-16-8-3-9-17-23)24-18-10-4-11-19-24/h2-4,6-11,14-19H,5,12-13,20-21H2,1H3. The number of para-hydroxylation sites is 3. The second-order valence-corrected chi connectivity index (χ2v) is 7.25. The van der Waals surface area contributed by atoms with Crippen LogP contribution in [-0.2, 0) is 9.59 Å². The van der Waals surface area contributed by atoms with Crippen LogP contribution in [0.5, 0.6) is 0 Å². The summed E-state index contributed by atoms with van der Waals surface area (Å²) in [5.74, 6) is 0.169. The third kappa shape index (κ3) is 5.80. The van der Waals surface area contributed by atoms with Crippen molar-refractivity contribution in [3.8, 4) is 0 Å². The second-order valence-electron chi connectivity index (χ2n) is 7.25. The highest BCUT2D eigenvalue weighted by Crippen LogP contribution is 2.26. The van der Waals surface area contributed by atoms with E-state index in [2.05, 4.69) is 0 Å². The third-order valence-electron chi connectivity index (χ3n) is 5.08. The minimum absolute atomic E-state index is 0.0696. The average molecular weight is 401 g/mol. The van der Waals surface area contributed by atoms with Crippen LogP contribution in [0.3, 0.4) is 0 Å². The van der Waals surface area contributed by atoms with Crippen molar-refractivity contribution in [3.63, 3.8) is 0 Å². The van der Waals surface area contributed by atoms with Gasteiger partial charge in [-0.1, -0.05) is 61.0 Å². The molecule has 0 aliphatic rings. The molecular formula is C26H28N2O2. The van der Waals surface area contributed by atoms with E-state index in [9.17, 15) is 9.59 Å². The molecule has 3 aromatic rings. The van der Waals surface area contributed by atoms with E-state index in [0.717, 1.165) is 36.3 Å². The third-order valence-corrected chi connectivity index (χ3v) is 5.08. The zero-order valence-corrected chi connectivity index (χ0v) is 17.4. The molecule has 0 saturated carbocycles. The van der Waals surface area contributed by atoms with Crippen LogP contribution >= 0.6 is 0 Å². The van der Waals surface area contributed by atoms with Gasteiger partial charge in [0.15, 0.2) is 0 Å². The summed E-state index contributed by atoms with van der Waals surface area (Å²) in [5.41, 5.74) is 2.64. The first kappa shape index (κ1) is 21.3. The average Bonchev–Trinajstić information content (AvgIpc) is 2.80. The number of hydrogen-bond donors (Lipinski definition) is 0. The summed E-state index contributed by atoms with van der Waals surface area (Å²) in [7, 11) is 1.80. The zero-order valence-electron chi connectivity index (χ0n) is 17.4. The fourth-order valence-corrected chi connectivity index (χ4v) is 3.40. The smallest absolute Gasteiger partial charge is 0.231 e. The van der Waals surface area contributed by atoms with Gasteiger partial charge in [0.1, 0.15) is 0 Å². The molecule has 0 fully saturated rings. The molecule has 0 unspecified atom stereocenters. The van der Waals surface area contributed by atoms with Gasteiger partial charge in [0, 0.05) is 37.0 Å². The predicted molar refractivity (Wildman–Crippen MR) is 123 cm³/mol. The number of unbranched alkanes of at least 4 members (excludes halogenated alkanes) is 2. The molecule has 4 heteroatoms. The van der Waals surface area contributed by atoms with Crippen LogP contribution in [0.1, 0.15) is 32.1 Å². The first-order valence-corrected chi connectivity index (χ1v) is 10.4. The molecule has 0 aliphatic carbocycles. The van der Waals surface area contributed by atoms with Crippen LogP contribution in [-0.4, -0.2) is 18.9 Å². The van der Waals surface area contributed by atoms with E-state index < -0.39 is 0 Å². The first-order valence-electron chi connectivity index (χ1n) is 10.4. The van der Waals surface area contributed by atoms with Crippen molar-refractivity contribution in [2.75, 3.05) is 16.8 Å². The van der Waals surface area contributed by atoms with E-state index in [1.54, 1.807) is 16.8 Å². The maximum absolute atomic E-state index is 13.0. The molecule has 0 aromatic heterocycles. The Bertz CT molecular complexity index is 888. The van der Waals surface area contributed by atoms with Crippen molar-refractivity contribution < 1.29 is 9.59 Å². The molecule has 0 bridgehead atoms. The lowest BCUT2D eigenvalue weighted by Gasteiger charge is -2.23. The molecule has 3 rings (SSSR count). The Balaban J connectivity index is 1.50. The number of amides is 2. The van der Waals surface area contributed by atoms with Gasteiger partial charge in [0.2, 0.25) is 11.8 Å². The molecule has 0 heterocycles. The molecule has 0 radical (unpaired) electrons. The molecule has 4 nitrogen and oxygen atoms in total. The highest BCUT2D eigenvalue weighted by Gasteiger charge is 2.17. The number of anilines is 3. The van der Waals surface area contributed by atoms with Gasteiger partial charge in [-0.2, -0.15) is 0 Å². The summed E-state index contributed by atoms with van der Waals surface area (Å²) >= 11 is 0. The number of rotatable bonds is 9. The van der Waals surface area contributed by atoms with Crippen LogP contribution in [0.25, 0.3) is 0 Å². The molecule has 0 aliphatic heterocycles. The first-order chi connectivity index (χ1) is 14.7. The lowest BCUT2D eigenvalue weighted by Crippen LogP contribution is -2.26. The topological polar surface area (TPSA) is 40.6 Å². The lowest BCUT2D eigenvalue weighted by molar-refractivity contribution is -0.118. The normalized spacial score (nSPS) is 10.4. The van der Waals surface area contributed by atoms with Crippen LogP contribution in [0, 0.1) is 0 Å². The summed E-state index contributed by atoms with van der Waals surface area (Å²) in [6, 6.07) is 29.1. The van der Waals surface area contributed by atoms with Crippen molar-refractivity contribution in [1.29, 1.82) is 0 Å². The quantitative estimate of drug-likeness (QED) is 0.416. The lowest BCUT2D eigenvalue weighted by atomic mass is 10.1. The van der Waals surface area contributed by atoms with E-state index >= 15 is 0 Å². The predicted octanol–water partition coefficient (Wildman–Crippen LogP) is 5.96. The maximum atomic E-state index is 13.0. The molecule has 30 heavy (non-hydrogen) atoms. The van der Waals surface area contributed by atoms with Gasteiger partial charge in [0.25, 0.3) is 0 Å². The monoisotopic (exact) mass is 400 g/mol. The zero-order chi connectivity index (χ0) is 21.2. The summed E-state index contributed by atoms with van der Waals surface area (Å²) in [6.45, 7) is 0. The SMILES string of the molecule is CN(C(=O)CCCCCC(=O)N(c1ccccc1)c1ccccc1)c1ccccc1. The number of benzene rings is 3. The molecule has 2 amide bonds. The number of carbonyl (C=O) groups is 2. The van der Waals surface area contributed by atoms with E-state index in [4.69, 9.17) is 0 Å². The van der Waals surface area contributed by atoms with Crippen molar-refractivity contribution in [3.05, 3.63) is 91.0 Å². The molecule has 3 aromatic carbocycles. The Morgan fingerprint density at radius 2 is 0.967 bits per heavy atom. The molecule has 154 valence electrons. The van der Waals surface area contributed by atoms with Crippen LogP contribution in [0.4, 0.5) is 17.1 Å². The van der Waals surface area contributed by atoms with Crippen LogP contribution < -0.4 is 9.80 Å². The van der Waals surface area contributed by atoms with E-state index in [-0.39, 0.29) is 11.8 Å². The molecule has 0 N–H and O–H groups in total. The summed E-state index contributed by atoms with van der Waals surface area (Å²) in [4.78, 5) is 28.8. The van der Waals surface area contributed by atoms with Gasteiger partial charge in [-0.25, -0.2) is 0 Å².